The molecule has 0 atom stereocenters. The smallest absolute Gasteiger partial charge is 0.189 e. The van der Waals surface area contributed by atoms with Crippen LogP contribution >= 0.6 is 0 Å². The van der Waals surface area contributed by atoms with E-state index in [1.165, 1.54) is 21.8 Å². The van der Waals surface area contributed by atoms with E-state index in [4.69, 9.17) is 13.1 Å². The van der Waals surface area contributed by atoms with Gasteiger partial charge in [0.1, 0.15) is 0 Å². The molecule has 0 aliphatic carbocycles. The average molecular weight is 636 g/mol. The molecule has 0 aliphatic rings. The summed E-state index contributed by atoms with van der Waals surface area (Å²) in [4.78, 5) is 7.48. The number of para-hydroxylation sites is 2. The monoisotopic (exact) mass is 635 g/mol. The minimum absolute atomic E-state index is 0.526. The predicted octanol–water partition coefficient (Wildman–Crippen LogP) is 12.2. The largest absolute Gasteiger partial charge is 0.310 e. The highest BCUT2D eigenvalue weighted by molar-refractivity contribution is 6.12. The molecule has 2 heterocycles. The lowest BCUT2D eigenvalue weighted by atomic mass is 9.93. The van der Waals surface area contributed by atoms with Crippen LogP contribution in [0.1, 0.15) is 5.56 Å². The van der Waals surface area contributed by atoms with Gasteiger partial charge in [-0.05, 0) is 82.7 Å². The SMILES string of the molecule is [C-]#[N+]c1ccc(-c2ccccc2-c2ccc(-n3c4ccccc4c4ccccc43)cc2)c(-n2c3ccc(C#N)cc3c3cc([N+]#[C-])ccc32)c1. The number of rotatable bonds is 4. The van der Waals surface area contributed by atoms with Gasteiger partial charge in [0, 0.05) is 33.1 Å². The normalized spacial score (nSPS) is 11.1. The van der Waals surface area contributed by atoms with Crippen molar-refractivity contribution in [2.75, 3.05) is 0 Å². The summed E-state index contributed by atoms with van der Waals surface area (Å²) in [6.07, 6.45) is 0. The Bertz CT molecular complexity index is 2830. The van der Waals surface area contributed by atoms with Crippen molar-refractivity contribution in [2.24, 2.45) is 0 Å². The Balaban J connectivity index is 1.24. The van der Waals surface area contributed by atoms with Gasteiger partial charge in [0.25, 0.3) is 0 Å². The van der Waals surface area contributed by atoms with Crippen LogP contribution in [0.2, 0.25) is 0 Å². The first-order valence-corrected chi connectivity index (χ1v) is 16.2. The van der Waals surface area contributed by atoms with Crippen LogP contribution in [-0.4, -0.2) is 9.13 Å². The summed E-state index contributed by atoms with van der Waals surface area (Å²) in [5.41, 5.74) is 11.8. The van der Waals surface area contributed by atoms with Crippen molar-refractivity contribution in [3.63, 3.8) is 0 Å². The molecule has 0 bridgehead atoms. The molecule has 0 amide bonds. The molecule has 0 saturated heterocycles. The van der Waals surface area contributed by atoms with Crippen LogP contribution in [0.15, 0.2) is 152 Å². The Hall–Kier alpha value is -7.39. The van der Waals surface area contributed by atoms with Crippen molar-refractivity contribution >= 4 is 55.0 Å². The van der Waals surface area contributed by atoms with Crippen molar-refractivity contribution in [2.45, 2.75) is 0 Å². The third-order valence-electron chi connectivity index (χ3n) is 9.59. The quantitative estimate of drug-likeness (QED) is 0.177. The van der Waals surface area contributed by atoms with E-state index in [0.29, 0.717) is 16.9 Å². The number of aromatic nitrogens is 2. The molecule has 0 fully saturated rings. The summed E-state index contributed by atoms with van der Waals surface area (Å²) in [7, 11) is 0. The van der Waals surface area contributed by atoms with E-state index in [2.05, 4.69) is 116 Å². The van der Waals surface area contributed by atoms with Crippen molar-refractivity contribution in [3.05, 3.63) is 180 Å². The zero-order valence-corrected chi connectivity index (χ0v) is 26.7. The minimum atomic E-state index is 0.526. The van der Waals surface area contributed by atoms with E-state index in [-0.39, 0.29) is 0 Å². The molecule has 5 heteroatoms. The van der Waals surface area contributed by atoms with Crippen LogP contribution in [-0.2, 0) is 0 Å². The Morgan fingerprint density at radius 3 is 1.70 bits per heavy atom. The highest BCUT2D eigenvalue weighted by Gasteiger charge is 2.19. The van der Waals surface area contributed by atoms with Crippen molar-refractivity contribution in [3.8, 4) is 39.7 Å². The molecule has 5 nitrogen and oxygen atoms in total. The van der Waals surface area contributed by atoms with E-state index in [1.807, 2.05) is 60.7 Å². The first-order valence-electron chi connectivity index (χ1n) is 16.2. The van der Waals surface area contributed by atoms with Crippen LogP contribution in [0, 0.1) is 24.5 Å². The third-order valence-corrected chi connectivity index (χ3v) is 9.59. The molecule has 0 saturated carbocycles. The van der Waals surface area contributed by atoms with Crippen LogP contribution in [0.3, 0.4) is 0 Å². The van der Waals surface area contributed by atoms with Gasteiger partial charge in [-0.3, -0.25) is 0 Å². The molecule has 7 aromatic carbocycles. The summed E-state index contributed by atoms with van der Waals surface area (Å²) in [6, 6.07) is 53.6. The van der Waals surface area contributed by atoms with Gasteiger partial charge in [-0.25, -0.2) is 9.69 Å². The van der Waals surface area contributed by atoms with E-state index in [9.17, 15) is 5.26 Å². The maximum Gasteiger partial charge on any atom is 0.189 e. The molecule has 0 unspecified atom stereocenters. The molecule has 0 aliphatic heterocycles. The Labute approximate surface area is 288 Å². The summed E-state index contributed by atoms with van der Waals surface area (Å²) >= 11 is 0. The molecular weight excluding hydrogens is 611 g/mol. The average Bonchev–Trinajstić information content (AvgIpc) is 3.69. The second kappa shape index (κ2) is 11.4. The minimum Gasteiger partial charge on any atom is -0.310 e. The summed E-state index contributed by atoms with van der Waals surface area (Å²) in [6.45, 7) is 15.5. The summed E-state index contributed by atoms with van der Waals surface area (Å²) in [5, 5.41) is 13.9. The Kier molecular flexibility index (Phi) is 6.56. The maximum absolute atomic E-state index is 9.72. The van der Waals surface area contributed by atoms with Crippen molar-refractivity contribution in [1.82, 2.24) is 9.13 Å². The summed E-state index contributed by atoms with van der Waals surface area (Å²) < 4.78 is 4.48. The van der Waals surface area contributed by atoms with Gasteiger partial charge in [-0.2, -0.15) is 5.26 Å². The zero-order chi connectivity index (χ0) is 33.8. The molecule has 50 heavy (non-hydrogen) atoms. The highest BCUT2D eigenvalue weighted by atomic mass is 15.0. The Morgan fingerprint density at radius 1 is 0.460 bits per heavy atom. The Morgan fingerprint density at radius 2 is 1.02 bits per heavy atom. The van der Waals surface area contributed by atoms with Gasteiger partial charge in [0.2, 0.25) is 0 Å². The fraction of sp³-hybridized carbons (Fsp3) is 0. The van der Waals surface area contributed by atoms with Gasteiger partial charge in [-0.1, -0.05) is 91.0 Å². The molecule has 0 radical (unpaired) electrons. The van der Waals surface area contributed by atoms with Crippen molar-refractivity contribution < 1.29 is 0 Å². The third kappa shape index (κ3) is 4.38. The van der Waals surface area contributed by atoms with E-state index in [1.54, 1.807) is 0 Å². The van der Waals surface area contributed by atoms with Gasteiger partial charge < -0.3 is 9.13 Å². The number of fused-ring (bicyclic) bond motifs is 6. The summed E-state index contributed by atoms with van der Waals surface area (Å²) in [5.74, 6) is 0. The number of hydrogen-bond donors (Lipinski definition) is 0. The fourth-order valence-corrected chi connectivity index (χ4v) is 7.37. The van der Waals surface area contributed by atoms with Gasteiger partial charge >= 0.3 is 0 Å². The van der Waals surface area contributed by atoms with Gasteiger partial charge in [0.05, 0.1) is 46.8 Å². The zero-order valence-electron chi connectivity index (χ0n) is 26.7. The number of nitrogens with zero attached hydrogens (tertiary/aromatic N) is 5. The first-order chi connectivity index (χ1) is 24.7. The number of nitriles is 1. The van der Waals surface area contributed by atoms with Gasteiger partial charge in [0.15, 0.2) is 11.4 Å². The molecule has 0 N–H and O–H groups in total. The second-order valence-corrected chi connectivity index (χ2v) is 12.3. The maximum atomic E-state index is 9.72. The van der Waals surface area contributed by atoms with E-state index >= 15 is 0 Å². The molecule has 230 valence electrons. The molecule has 2 aromatic heterocycles. The lowest BCUT2D eigenvalue weighted by Crippen LogP contribution is -1.98. The molecule has 0 spiro atoms. The first kappa shape index (κ1) is 28.8. The van der Waals surface area contributed by atoms with Crippen LogP contribution in [0.4, 0.5) is 11.4 Å². The lowest BCUT2D eigenvalue weighted by molar-refractivity contribution is 1.18. The standard InChI is InChI=1S/C45H25N5/c1-47-31-19-24-44-40(26-31)39-25-29(28-46)15-23-43(39)50(44)45-27-32(48-2)18-22-38(45)35-10-4-3-9-34(35)30-16-20-33(21-17-30)49-41-13-7-5-11-36(41)37-12-6-8-14-42(37)49/h3-27H. The van der Waals surface area contributed by atoms with Crippen molar-refractivity contribution in [1.29, 1.82) is 5.26 Å². The predicted molar refractivity (Wildman–Crippen MR) is 203 cm³/mol. The molecule has 9 aromatic rings. The lowest BCUT2D eigenvalue weighted by Gasteiger charge is -2.18. The highest BCUT2D eigenvalue weighted by Crippen LogP contribution is 2.42. The van der Waals surface area contributed by atoms with E-state index in [0.717, 1.165) is 55.4 Å². The fourth-order valence-electron chi connectivity index (χ4n) is 7.37. The molecule has 9 rings (SSSR count). The van der Waals surface area contributed by atoms with Crippen LogP contribution in [0.5, 0.6) is 0 Å². The van der Waals surface area contributed by atoms with E-state index < -0.39 is 0 Å². The van der Waals surface area contributed by atoms with Crippen LogP contribution in [0.25, 0.3) is 86.9 Å². The second-order valence-electron chi connectivity index (χ2n) is 12.3. The topological polar surface area (TPSA) is 42.4 Å². The van der Waals surface area contributed by atoms with Gasteiger partial charge in [-0.15, -0.1) is 0 Å². The molecular formula is C45H25N5. The number of hydrogen-bond acceptors (Lipinski definition) is 1. The van der Waals surface area contributed by atoms with Crippen LogP contribution < -0.4 is 0 Å². The number of benzene rings is 7.